The lowest BCUT2D eigenvalue weighted by Crippen LogP contribution is -2.51. The molecular weight excluding hydrogens is 232 g/mol. The van der Waals surface area contributed by atoms with Crippen LogP contribution in [0.5, 0.6) is 0 Å². The van der Waals surface area contributed by atoms with Gasteiger partial charge in [0.2, 0.25) is 0 Å². The standard InChI is InChI=1S/C13H20N2O3/c16-11(17)13(4-1-5-13)8-14-12(18)15-7-9-2-3-10(15)6-9/h9-10H,1-8H2,(H,14,18)(H,16,17). The first kappa shape index (κ1) is 11.8. The smallest absolute Gasteiger partial charge is 0.317 e. The van der Waals surface area contributed by atoms with Gasteiger partial charge in [0, 0.05) is 19.1 Å². The van der Waals surface area contributed by atoms with Crippen molar-refractivity contribution in [3.63, 3.8) is 0 Å². The molecule has 0 aromatic rings. The second kappa shape index (κ2) is 4.14. The van der Waals surface area contributed by atoms with Crippen molar-refractivity contribution in [1.29, 1.82) is 0 Å². The Bertz CT molecular complexity index is 378. The number of aliphatic carboxylic acids is 1. The first-order valence-corrected chi connectivity index (χ1v) is 6.89. The summed E-state index contributed by atoms with van der Waals surface area (Å²) in [5, 5.41) is 12.0. The van der Waals surface area contributed by atoms with Gasteiger partial charge in [-0.2, -0.15) is 0 Å². The van der Waals surface area contributed by atoms with Crippen LogP contribution in [-0.4, -0.2) is 41.1 Å². The maximum Gasteiger partial charge on any atom is 0.317 e. The van der Waals surface area contributed by atoms with Crippen LogP contribution in [0.1, 0.15) is 38.5 Å². The molecule has 0 radical (unpaired) electrons. The van der Waals surface area contributed by atoms with Gasteiger partial charge in [-0.05, 0) is 38.0 Å². The third-order valence-corrected chi connectivity index (χ3v) is 5.01. The third kappa shape index (κ3) is 1.76. The molecule has 2 unspecified atom stereocenters. The lowest BCUT2D eigenvalue weighted by Gasteiger charge is -2.38. The molecule has 2 aliphatic carbocycles. The second-order valence-corrected chi connectivity index (χ2v) is 6.08. The Morgan fingerprint density at radius 1 is 1.33 bits per heavy atom. The van der Waals surface area contributed by atoms with Crippen molar-refractivity contribution >= 4 is 12.0 Å². The fourth-order valence-electron chi connectivity index (χ4n) is 3.59. The van der Waals surface area contributed by atoms with Gasteiger partial charge in [0.1, 0.15) is 0 Å². The molecule has 2 atom stereocenters. The number of carboxylic acid groups (broad SMARTS) is 1. The number of rotatable bonds is 3. The summed E-state index contributed by atoms with van der Waals surface area (Å²) in [5.74, 6) is -0.0881. The molecule has 3 rings (SSSR count). The Kier molecular flexibility index (Phi) is 2.72. The maximum absolute atomic E-state index is 12.1. The average molecular weight is 252 g/mol. The molecule has 1 saturated heterocycles. The molecule has 2 bridgehead atoms. The Morgan fingerprint density at radius 2 is 2.11 bits per heavy atom. The van der Waals surface area contributed by atoms with Gasteiger partial charge in [-0.1, -0.05) is 6.42 Å². The van der Waals surface area contributed by atoms with E-state index < -0.39 is 11.4 Å². The molecule has 0 aromatic heterocycles. The summed E-state index contributed by atoms with van der Waals surface area (Å²) in [7, 11) is 0. The van der Waals surface area contributed by atoms with Gasteiger partial charge in [-0.25, -0.2) is 4.79 Å². The zero-order valence-corrected chi connectivity index (χ0v) is 10.5. The molecule has 2 N–H and O–H groups in total. The monoisotopic (exact) mass is 252 g/mol. The maximum atomic E-state index is 12.1. The molecule has 0 aromatic carbocycles. The van der Waals surface area contributed by atoms with E-state index in [2.05, 4.69) is 5.32 Å². The van der Waals surface area contributed by atoms with Crippen molar-refractivity contribution in [1.82, 2.24) is 10.2 Å². The number of urea groups is 1. The van der Waals surface area contributed by atoms with E-state index in [1.165, 1.54) is 6.42 Å². The van der Waals surface area contributed by atoms with Crippen LogP contribution in [0.4, 0.5) is 4.79 Å². The van der Waals surface area contributed by atoms with Gasteiger partial charge in [0.05, 0.1) is 5.41 Å². The summed E-state index contributed by atoms with van der Waals surface area (Å²) in [4.78, 5) is 25.2. The van der Waals surface area contributed by atoms with Gasteiger partial charge >= 0.3 is 12.0 Å². The summed E-state index contributed by atoms with van der Waals surface area (Å²) in [5.41, 5.74) is -0.686. The van der Waals surface area contributed by atoms with E-state index in [-0.39, 0.29) is 12.6 Å². The topological polar surface area (TPSA) is 69.6 Å². The average Bonchev–Trinajstić information content (AvgIpc) is 2.88. The van der Waals surface area contributed by atoms with Crippen molar-refractivity contribution in [2.24, 2.45) is 11.3 Å². The molecule has 3 aliphatic rings. The fraction of sp³-hybridized carbons (Fsp3) is 0.846. The quantitative estimate of drug-likeness (QED) is 0.798. The number of likely N-dealkylation sites (tertiary alicyclic amines) is 1. The molecule has 5 heteroatoms. The van der Waals surface area contributed by atoms with E-state index in [0.717, 1.165) is 25.8 Å². The molecule has 18 heavy (non-hydrogen) atoms. The molecule has 1 heterocycles. The first-order chi connectivity index (χ1) is 8.61. The number of carboxylic acids is 1. The number of piperidine rings is 1. The van der Waals surface area contributed by atoms with E-state index in [9.17, 15) is 14.7 Å². The van der Waals surface area contributed by atoms with Gasteiger partial charge in [0.15, 0.2) is 0 Å². The Balaban J connectivity index is 1.54. The highest BCUT2D eigenvalue weighted by atomic mass is 16.4. The lowest BCUT2D eigenvalue weighted by atomic mass is 9.69. The van der Waals surface area contributed by atoms with Crippen LogP contribution in [0.25, 0.3) is 0 Å². The summed E-state index contributed by atoms with van der Waals surface area (Å²) in [6.45, 7) is 1.14. The highest BCUT2D eigenvalue weighted by molar-refractivity contribution is 5.79. The molecular formula is C13H20N2O3. The number of amides is 2. The summed E-state index contributed by atoms with van der Waals surface area (Å²) < 4.78 is 0. The van der Waals surface area contributed by atoms with Crippen LogP contribution in [0.15, 0.2) is 0 Å². The van der Waals surface area contributed by atoms with E-state index in [4.69, 9.17) is 0 Å². The van der Waals surface area contributed by atoms with Crippen LogP contribution in [0, 0.1) is 11.3 Å². The number of nitrogens with zero attached hydrogens (tertiary/aromatic N) is 1. The molecule has 2 amide bonds. The van der Waals surface area contributed by atoms with Crippen molar-refractivity contribution in [3.8, 4) is 0 Å². The number of hydrogen-bond acceptors (Lipinski definition) is 2. The fourth-order valence-corrected chi connectivity index (χ4v) is 3.59. The third-order valence-electron chi connectivity index (χ3n) is 5.01. The minimum absolute atomic E-state index is 0.0604. The minimum Gasteiger partial charge on any atom is -0.481 e. The molecule has 1 aliphatic heterocycles. The highest BCUT2D eigenvalue weighted by Crippen LogP contribution is 2.41. The molecule has 5 nitrogen and oxygen atoms in total. The van der Waals surface area contributed by atoms with E-state index in [1.54, 1.807) is 0 Å². The van der Waals surface area contributed by atoms with Crippen molar-refractivity contribution in [2.75, 3.05) is 13.1 Å². The van der Waals surface area contributed by atoms with Crippen LogP contribution >= 0.6 is 0 Å². The van der Waals surface area contributed by atoms with E-state index >= 15 is 0 Å². The van der Waals surface area contributed by atoms with E-state index in [0.29, 0.717) is 24.8 Å². The summed E-state index contributed by atoms with van der Waals surface area (Å²) in [6, 6.07) is 0.340. The number of carbonyl (C=O) groups is 2. The number of carbonyl (C=O) groups excluding carboxylic acids is 1. The van der Waals surface area contributed by atoms with Gasteiger partial charge < -0.3 is 15.3 Å². The van der Waals surface area contributed by atoms with Gasteiger partial charge in [-0.15, -0.1) is 0 Å². The van der Waals surface area contributed by atoms with Crippen LogP contribution in [-0.2, 0) is 4.79 Å². The predicted molar refractivity (Wildman–Crippen MR) is 65.2 cm³/mol. The first-order valence-electron chi connectivity index (χ1n) is 6.89. The summed E-state index contributed by atoms with van der Waals surface area (Å²) in [6.07, 6.45) is 5.83. The SMILES string of the molecule is O=C(NCC1(C(=O)O)CCC1)N1CC2CCC1C2. The molecule has 2 saturated carbocycles. The predicted octanol–water partition coefficient (Wildman–Crippen LogP) is 1.44. The zero-order valence-electron chi connectivity index (χ0n) is 10.5. The normalized spacial score (nSPS) is 32.1. The molecule has 100 valence electrons. The Hall–Kier alpha value is -1.26. The van der Waals surface area contributed by atoms with E-state index in [1.807, 2.05) is 4.90 Å². The van der Waals surface area contributed by atoms with Crippen LogP contribution < -0.4 is 5.32 Å². The van der Waals surface area contributed by atoms with Crippen molar-refractivity contribution in [2.45, 2.75) is 44.6 Å². The minimum atomic E-state index is -0.767. The highest BCUT2D eigenvalue weighted by Gasteiger charge is 2.46. The second-order valence-electron chi connectivity index (χ2n) is 6.08. The Labute approximate surface area is 107 Å². The van der Waals surface area contributed by atoms with Crippen molar-refractivity contribution < 1.29 is 14.7 Å². The van der Waals surface area contributed by atoms with Crippen molar-refractivity contribution in [3.05, 3.63) is 0 Å². The number of nitrogens with one attached hydrogen (secondary N) is 1. The molecule has 3 fully saturated rings. The Morgan fingerprint density at radius 3 is 2.56 bits per heavy atom. The summed E-state index contributed by atoms with van der Waals surface area (Å²) >= 11 is 0. The van der Waals surface area contributed by atoms with Crippen LogP contribution in [0.3, 0.4) is 0 Å². The van der Waals surface area contributed by atoms with Gasteiger partial charge in [0.25, 0.3) is 0 Å². The largest absolute Gasteiger partial charge is 0.481 e. The van der Waals surface area contributed by atoms with Crippen LogP contribution in [0.2, 0.25) is 0 Å². The van der Waals surface area contributed by atoms with Gasteiger partial charge in [-0.3, -0.25) is 4.79 Å². The number of hydrogen-bond donors (Lipinski definition) is 2. The number of fused-ring (bicyclic) bond motifs is 2. The zero-order chi connectivity index (χ0) is 12.8. The molecule has 0 spiro atoms. The lowest BCUT2D eigenvalue weighted by molar-refractivity contribution is -0.153.